The van der Waals surface area contributed by atoms with Crippen molar-refractivity contribution in [2.24, 2.45) is 5.92 Å². The molecule has 0 saturated heterocycles. The first-order valence-electron chi connectivity index (χ1n) is 7.25. The van der Waals surface area contributed by atoms with Crippen molar-refractivity contribution in [3.8, 4) is 0 Å². The Hall–Kier alpha value is -2.04. The Kier molecular flexibility index (Phi) is 6.72. The third kappa shape index (κ3) is 7.34. The molecule has 2 amide bonds. The van der Waals surface area contributed by atoms with E-state index in [9.17, 15) is 9.59 Å². The van der Waals surface area contributed by atoms with E-state index in [-0.39, 0.29) is 18.5 Å². The number of aliphatic carboxylic acids is 1. The maximum absolute atomic E-state index is 11.9. The van der Waals surface area contributed by atoms with Gasteiger partial charge in [-0.1, -0.05) is 26.0 Å². The van der Waals surface area contributed by atoms with Crippen LogP contribution in [0.4, 0.5) is 10.5 Å². The minimum Gasteiger partial charge on any atom is -0.481 e. The Morgan fingerprint density at radius 3 is 2.57 bits per heavy atom. The SMILES string of the molecule is CC(C)CC(C)NC(=O)Nc1cccc(CCC(=O)O)c1. The van der Waals surface area contributed by atoms with Crippen LogP contribution in [0.5, 0.6) is 0 Å². The Balaban J connectivity index is 2.52. The third-order valence-electron chi connectivity index (χ3n) is 3.01. The van der Waals surface area contributed by atoms with Crippen LogP contribution in [0, 0.1) is 5.92 Å². The van der Waals surface area contributed by atoms with E-state index in [1.807, 2.05) is 19.1 Å². The Bertz CT molecular complexity index is 486. The van der Waals surface area contributed by atoms with Gasteiger partial charge in [-0.15, -0.1) is 0 Å². The Morgan fingerprint density at radius 1 is 1.24 bits per heavy atom. The molecule has 0 aliphatic heterocycles. The van der Waals surface area contributed by atoms with Crippen molar-refractivity contribution >= 4 is 17.7 Å². The number of carboxylic acids is 1. The first-order valence-corrected chi connectivity index (χ1v) is 7.25. The van der Waals surface area contributed by atoms with E-state index in [2.05, 4.69) is 24.5 Å². The second kappa shape index (κ2) is 8.29. The van der Waals surface area contributed by atoms with Crippen LogP contribution in [0.25, 0.3) is 0 Å². The van der Waals surface area contributed by atoms with Crippen LogP contribution in [0.3, 0.4) is 0 Å². The van der Waals surface area contributed by atoms with Crippen LogP contribution < -0.4 is 10.6 Å². The fraction of sp³-hybridized carbons (Fsp3) is 0.500. The number of benzene rings is 1. The van der Waals surface area contributed by atoms with Gasteiger partial charge < -0.3 is 15.7 Å². The van der Waals surface area contributed by atoms with Crippen molar-refractivity contribution < 1.29 is 14.7 Å². The molecule has 116 valence electrons. The average molecular weight is 292 g/mol. The Morgan fingerprint density at radius 2 is 1.95 bits per heavy atom. The molecule has 1 unspecified atom stereocenters. The molecule has 3 N–H and O–H groups in total. The summed E-state index contributed by atoms with van der Waals surface area (Å²) in [5, 5.41) is 14.3. The molecule has 0 spiro atoms. The molecule has 0 fully saturated rings. The van der Waals surface area contributed by atoms with Crippen LogP contribution >= 0.6 is 0 Å². The molecule has 1 rings (SSSR count). The topological polar surface area (TPSA) is 78.4 Å². The van der Waals surface area contributed by atoms with Gasteiger partial charge in [0.2, 0.25) is 0 Å². The Labute approximate surface area is 125 Å². The van der Waals surface area contributed by atoms with Crippen molar-refractivity contribution in [3.05, 3.63) is 29.8 Å². The number of amides is 2. The van der Waals surface area contributed by atoms with Crippen molar-refractivity contribution in [3.63, 3.8) is 0 Å². The van der Waals surface area contributed by atoms with E-state index in [0.29, 0.717) is 18.0 Å². The summed E-state index contributed by atoms with van der Waals surface area (Å²) in [5.41, 5.74) is 1.57. The molecule has 1 aromatic carbocycles. The van der Waals surface area contributed by atoms with Crippen LogP contribution in [0.15, 0.2) is 24.3 Å². The third-order valence-corrected chi connectivity index (χ3v) is 3.01. The average Bonchev–Trinajstić information content (AvgIpc) is 2.35. The predicted molar refractivity (Wildman–Crippen MR) is 83.5 cm³/mol. The van der Waals surface area contributed by atoms with Crippen LogP contribution in [0.2, 0.25) is 0 Å². The molecular weight excluding hydrogens is 268 g/mol. The molecule has 0 aliphatic rings. The van der Waals surface area contributed by atoms with E-state index in [4.69, 9.17) is 5.11 Å². The normalized spacial score (nSPS) is 12.0. The number of hydrogen-bond donors (Lipinski definition) is 3. The van der Waals surface area contributed by atoms with Crippen molar-refractivity contribution in [2.45, 2.75) is 46.1 Å². The second-order valence-corrected chi connectivity index (χ2v) is 5.72. The van der Waals surface area contributed by atoms with Gasteiger partial charge in [0.25, 0.3) is 0 Å². The molecule has 1 atom stereocenters. The molecule has 0 aliphatic carbocycles. The van der Waals surface area contributed by atoms with E-state index in [0.717, 1.165) is 12.0 Å². The molecule has 0 heterocycles. The molecule has 5 nitrogen and oxygen atoms in total. The number of carboxylic acid groups (broad SMARTS) is 1. The summed E-state index contributed by atoms with van der Waals surface area (Å²) in [5.74, 6) is -0.298. The maximum Gasteiger partial charge on any atom is 0.319 e. The first kappa shape index (κ1) is 17.0. The van der Waals surface area contributed by atoms with E-state index in [1.54, 1.807) is 12.1 Å². The lowest BCUT2D eigenvalue weighted by molar-refractivity contribution is -0.136. The number of carbonyl (C=O) groups excluding carboxylic acids is 1. The van der Waals surface area contributed by atoms with Gasteiger partial charge in [0.05, 0.1) is 0 Å². The molecule has 0 saturated carbocycles. The molecule has 0 bridgehead atoms. The summed E-state index contributed by atoms with van der Waals surface area (Å²) >= 11 is 0. The molecular formula is C16H24N2O3. The summed E-state index contributed by atoms with van der Waals surface area (Å²) < 4.78 is 0. The summed E-state index contributed by atoms with van der Waals surface area (Å²) in [4.78, 5) is 22.4. The highest BCUT2D eigenvalue weighted by molar-refractivity contribution is 5.89. The zero-order chi connectivity index (χ0) is 15.8. The van der Waals surface area contributed by atoms with E-state index < -0.39 is 5.97 Å². The zero-order valence-corrected chi connectivity index (χ0v) is 12.8. The predicted octanol–water partition coefficient (Wildman–Crippen LogP) is 3.26. The highest BCUT2D eigenvalue weighted by atomic mass is 16.4. The number of hydrogen-bond acceptors (Lipinski definition) is 2. The van der Waals surface area contributed by atoms with Crippen LogP contribution in [-0.2, 0) is 11.2 Å². The fourth-order valence-corrected chi connectivity index (χ4v) is 2.21. The highest BCUT2D eigenvalue weighted by Gasteiger charge is 2.09. The van der Waals surface area contributed by atoms with Crippen molar-refractivity contribution in [2.75, 3.05) is 5.32 Å². The number of rotatable bonds is 7. The van der Waals surface area contributed by atoms with E-state index >= 15 is 0 Å². The lowest BCUT2D eigenvalue weighted by Gasteiger charge is -2.16. The smallest absolute Gasteiger partial charge is 0.319 e. The molecule has 0 radical (unpaired) electrons. The van der Waals surface area contributed by atoms with E-state index in [1.165, 1.54) is 0 Å². The largest absolute Gasteiger partial charge is 0.481 e. The maximum atomic E-state index is 11.9. The number of aryl methyl sites for hydroxylation is 1. The van der Waals surface area contributed by atoms with Gasteiger partial charge in [-0.3, -0.25) is 4.79 Å². The molecule has 0 aromatic heterocycles. The molecule has 1 aromatic rings. The van der Waals surface area contributed by atoms with Gasteiger partial charge in [0, 0.05) is 18.2 Å². The monoisotopic (exact) mass is 292 g/mol. The van der Waals surface area contributed by atoms with Gasteiger partial charge in [-0.05, 0) is 43.4 Å². The fourth-order valence-electron chi connectivity index (χ4n) is 2.21. The highest BCUT2D eigenvalue weighted by Crippen LogP contribution is 2.12. The number of anilines is 1. The van der Waals surface area contributed by atoms with Gasteiger partial charge in [0.15, 0.2) is 0 Å². The zero-order valence-electron chi connectivity index (χ0n) is 12.8. The first-order chi connectivity index (χ1) is 9.86. The lowest BCUT2D eigenvalue weighted by Crippen LogP contribution is -2.36. The van der Waals surface area contributed by atoms with Gasteiger partial charge in [-0.25, -0.2) is 4.79 Å². The summed E-state index contributed by atoms with van der Waals surface area (Å²) in [7, 11) is 0. The second-order valence-electron chi connectivity index (χ2n) is 5.72. The van der Waals surface area contributed by atoms with Gasteiger partial charge >= 0.3 is 12.0 Å². The number of urea groups is 1. The molecule has 5 heteroatoms. The summed E-state index contributed by atoms with van der Waals surface area (Å²) in [6.45, 7) is 6.20. The quantitative estimate of drug-likeness (QED) is 0.721. The van der Waals surface area contributed by atoms with Crippen molar-refractivity contribution in [1.82, 2.24) is 5.32 Å². The number of nitrogens with one attached hydrogen (secondary N) is 2. The van der Waals surface area contributed by atoms with Crippen LogP contribution in [0.1, 0.15) is 39.2 Å². The van der Waals surface area contributed by atoms with Crippen molar-refractivity contribution in [1.29, 1.82) is 0 Å². The summed E-state index contributed by atoms with van der Waals surface area (Å²) in [6.07, 6.45) is 1.46. The lowest BCUT2D eigenvalue weighted by atomic mass is 10.1. The summed E-state index contributed by atoms with van der Waals surface area (Å²) in [6, 6.07) is 7.13. The van der Waals surface area contributed by atoms with Crippen LogP contribution in [-0.4, -0.2) is 23.1 Å². The van der Waals surface area contributed by atoms with Gasteiger partial charge in [0.1, 0.15) is 0 Å². The number of carbonyl (C=O) groups is 2. The standard InChI is InChI=1S/C16H24N2O3/c1-11(2)9-12(3)17-16(21)18-14-6-4-5-13(10-14)7-8-15(19)20/h4-6,10-12H,7-9H2,1-3H3,(H,19,20)(H2,17,18,21). The minimum atomic E-state index is -0.825. The molecule has 21 heavy (non-hydrogen) atoms. The van der Waals surface area contributed by atoms with Gasteiger partial charge in [-0.2, -0.15) is 0 Å². The minimum absolute atomic E-state index is 0.0844.